The fourth-order valence-electron chi connectivity index (χ4n) is 2.82. The van der Waals surface area contributed by atoms with Crippen molar-refractivity contribution in [3.63, 3.8) is 0 Å². The molecule has 1 aromatic carbocycles. The minimum absolute atomic E-state index is 0.0271. The third-order valence-corrected chi connectivity index (χ3v) is 4.72. The average Bonchev–Trinajstić information content (AvgIpc) is 2.66. The molecule has 1 aliphatic heterocycles. The molecule has 1 saturated heterocycles. The van der Waals surface area contributed by atoms with Crippen LogP contribution >= 0.6 is 15.9 Å². The first-order valence-corrected chi connectivity index (χ1v) is 9.52. The zero-order chi connectivity index (χ0) is 18.2. The van der Waals surface area contributed by atoms with Gasteiger partial charge in [-0.3, -0.25) is 14.6 Å². The van der Waals surface area contributed by atoms with Crippen molar-refractivity contribution in [1.29, 1.82) is 0 Å². The normalized spacial score (nSPS) is 15.6. The highest BCUT2D eigenvalue weighted by Gasteiger charge is 2.19. The van der Waals surface area contributed by atoms with Crippen LogP contribution in [0.1, 0.15) is 0 Å². The molecule has 1 N–H and O–H groups in total. The first-order valence-electron chi connectivity index (χ1n) is 8.73. The summed E-state index contributed by atoms with van der Waals surface area (Å²) in [6.45, 7) is 5.63. The summed E-state index contributed by atoms with van der Waals surface area (Å²) in [4.78, 5) is 20.8. The van der Waals surface area contributed by atoms with Crippen LogP contribution in [0.4, 0.5) is 5.82 Å². The molecule has 0 radical (unpaired) electrons. The van der Waals surface area contributed by atoms with Gasteiger partial charge in [0.25, 0.3) is 0 Å². The van der Waals surface area contributed by atoms with E-state index in [0.29, 0.717) is 19.0 Å². The van der Waals surface area contributed by atoms with Crippen molar-refractivity contribution >= 4 is 27.7 Å². The fourth-order valence-corrected chi connectivity index (χ4v) is 3.05. The lowest BCUT2D eigenvalue weighted by Crippen LogP contribution is -2.49. The first-order chi connectivity index (χ1) is 12.7. The number of ether oxygens (including phenoxy) is 1. The molecular formula is C19H23BrN4O2. The van der Waals surface area contributed by atoms with Gasteiger partial charge in [0, 0.05) is 43.4 Å². The van der Waals surface area contributed by atoms with Crippen molar-refractivity contribution in [3.05, 3.63) is 53.1 Å². The Balaban J connectivity index is 1.33. The van der Waals surface area contributed by atoms with Crippen molar-refractivity contribution in [3.8, 4) is 5.75 Å². The van der Waals surface area contributed by atoms with Gasteiger partial charge in [0.1, 0.15) is 18.2 Å². The Morgan fingerprint density at radius 3 is 2.50 bits per heavy atom. The van der Waals surface area contributed by atoms with Gasteiger partial charge in [-0.2, -0.15) is 0 Å². The maximum atomic E-state index is 12.1. The lowest BCUT2D eigenvalue weighted by molar-refractivity contribution is -0.117. The molecule has 1 aliphatic rings. The zero-order valence-electron chi connectivity index (χ0n) is 14.6. The number of halogens is 1. The molecule has 0 atom stereocenters. The van der Waals surface area contributed by atoms with Gasteiger partial charge in [-0.25, -0.2) is 4.98 Å². The molecular weight excluding hydrogens is 396 g/mol. The summed E-state index contributed by atoms with van der Waals surface area (Å²) in [5.41, 5.74) is 0. The standard InChI is InChI=1S/C19H23BrN4O2/c20-16-6-7-18(21-14-16)22-19(25)15-24-10-8-23(9-11-24)12-13-26-17-4-2-1-3-5-17/h1-7,14H,8-13,15H2,(H,21,22,25). The first kappa shape index (κ1) is 18.8. The summed E-state index contributed by atoms with van der Waals surface area (Å²) in [6, 6.07) is 13.5. The molecule has 1 aromatic heterocycles. The van der Waals surface area contributed by atoms with E-state index in [0.717, 1.165) is 42.9 Å². The maximum Gasteiger partial charge on any atom is 0.239 e. The Labute approximate surface area is 162 Å². The SMILES string of the molecule is O=C(CN1CCN(CCOc2ccccc2)CC1)Nc1ccc(Br)cn1. The minimum atomic E-state index is -0.0271. The van der Waals surface area contributed by atoms with Crippen LogP contribution in [0.15, 0.2) is 53.1 Å². The van der Waals surface area contributed by atoms with Crippen molar-refractivity contribution in [2.45, 2.75) is 0 Å². The summed E-state index contributed by atoms with van der Waals surface area (Å²) in [6.07, 6.45) is 1.67. The number of nitrogens with one attached hydrogen (secondary N) is 1. The van der Waals surface area contributed by atoms with Gasteiger partial charge in [-0.15, -0.1) is 0 Å². The minimum Gasteiger partial charge on any atom is -0.492 e. The monoisotopic (exact) mass is 418 g/mol. The molecule has 138 valence electrons. The van der Waals surface area contributed by atoms with Gasteiger partial charge >= 0.3 is 0 Å². The number of benzene rings is 1. The summed E-state index contributed by atoms with van der Waals surface area (Å²) >= 11 is 3.33. The number of anilines is 1. The molecule has 3 rings (SSSR count). The van der Waals surface area contributed by atoms with E-state index >= 15 is 0 Å². The number of carbonyl (C=O) groups is 1. The number of aromatic nitrogens is 1. The van der Waals surface area contributed by atoms with Crippen LogP contribution in [0.2, 0.25) is 0 Å². The molecule has 1 fully saturated rings. The second-order valence-corrected chi connectivity index (χ2v) is 7.10. The second kappa shape index (κ2) is 9.66. The van der Waals surface area contributed by atoms with Crippen molar-refractivity contribution in [2.75, 3.05) is 51.2 Å². The predicted octanol–water partition coefficient (Wildman–Crippen LogP) is 2.48. The molecule has 0 spiro atoms. The smallest absolute Gasteiger partial charge is 0.239 e. The van der Waals surface area contributed by atoms with E-state index in [1.807, 2.05) is 36.4 Å². The van der Waals surface area contributed by atoms with Gasteiger partial charge in [-0.05, 0) is 40.2 Å². The number of pyridine rings is 1. The lowest BCUT2D eigenvalue weighted by Gasteiger charge is -2.34. The number of rotatable bonds is 7. The number of nitrogens with zero attached hydrogens (tertiary/aromatic N) is 3. The highest BCUT2D eigenvalue weighted by molar-refractivity contribution is 9.10. The number of para-hydroxylation sites is 1. The van der Waals surface area contributed by atoms with Crippen LogP contribution in [0.5, 0.6) is 5.75 Å². The Bertz CT molecular complexity index is 688. The van der Waals surface area contributed by atoms with Crippen LogP contribution in [0.3, 0.4) is 0 Å². The molecule has 0 unspecified atom stereocenters. The molecule has 26 heavy (non-hydrogen) atoms. The molecule has 0 saturated carbocycles. The van der Waals surface area contributed by atoms with Gasteiger partial charge in [0.2, 0.25) is 5.91 Å². The quantitative estimate of drug-likeness (QED) is 0.748. The Hall–Kier alpha value is -1.96. The number of piperazine rings is 1. The van der Waals surface area contributed by atoms with E-state index in [1.165, 1.54) is 0 Å². The highest BCUT2D eigenvalue weighted by Crippen LogP contribution is 2.11. The Morgan fingerprint density at radius 1 is 1.08 bits per heavy atom. The third-order valence-electron chi connectivity index (χ3n) is 4.25. The largest absolute Gasteiger partial charge is 0.492 e. The lowest BCUT2D eigenvalue weighted by atomic mass is 10.3. The van der Waals surface area contributed by atoms with Gasteiger partial charge in [0.05, 0.1) is 6.54 Å². The molecule has 1 amide bonds. The molecule has 2 aromatic rings. The highest BCUT2D eigenvalue weighted by atomic mass is 79.9. The molecule has 7 heteroatoms. The summed E-state index contributed by atoms with van der Waals surface area (Å²) in [7, 11) is 0. The van der Waals surface area contributed by atoms with E-state index in [-0.39, 0.29) is 5.91 Å². The summed E-state index contributed by atoms with van der Waals surface area (Å²) in [5.74, 6) is 1.46. The van der Waals surface area contributed by atoms with Crippen LogP contribution < -0.4 is 10.1 Å². The number of amides is 1. The van der Waals surface area contributed by atoms with Crippen LogP contribution in [0, 0.1) is 0 Å². The number of hydrogen-bond acceptors (Lipinski definition) is 5. The average molecular weight is 419 g/mol. The number of carbonyl (C=O) groups excluding carboxylic acids is 1. The van der Waals surface area contributed by atoms with Crippen LogP contribution in [0.25, 0.3) is 0 Å². The Kier molecular flexibility index (Phi) is 6.99. The van der Waals surface area contributed by atoms with Gasteiger partial charge in [0.15, 0.2) is 0 Å². The maximum absolute atomic E-state index is 12.1. The predicted molar refractivity (Wildman–Crippen MR) is 105 cm³/mol. The van der Waals surface area contributed by atoms with Crippen molar-refractivity contribution in [1.82, 2.24) is 14.8 Å². The third kappa shape index (κ3) is 6.09. The topological polar surface area (TPSA) is 57.7 Å². The molecule has 0 bridgehead atoms. The summed E-state index contributed by atoms with van der Waals surface area (Å²) < 4.78 is 6.64. The molecule has 6 nitrogen and oxygen atoms in total. The summed E-state index contributed by atoms with van der Waals surface area (Å²) in [5, 5.41) is 2.83. The van der Waals surface area contributed by atoms with Crippen molar-refractivity contribution in [2.24, 2.45) is 0 Å². The van der Waals surface area contributed by atoms with Crippen molar-refractivity contribution < 1.29 is 9.53 Å². The van der Waals surface area contributed by atoms with Crippen LogP contribution in [-0.4, -0.2) is 66.6 Å². The van der Waals surface area contributed by atoms with E-state index in [1.54, 1.807) is 12.3 Å². The molecule has 2 heterocycles. The van der Waals surface area contributed by atoms with E-state index in [2.05, 4.69) is 36.0 Å². The zero-order valence-corrected chi connectivity index (χ0v) is 16.2. The van der Waals surface area contributed by atoms with E-state index in [4.69, 9.17) is 4.74 Å². The van der Waals surface area contributed by atoms with Crippen LogP contribution in [-0.2, 0) is 4.79 Å². The van der Waals surface area contributed by atoms with E-state index < -0.39 is 0 Å². The number of hydrogen-bond donors (Lipinski definition) is 1. The van der Waals surface area contributed by atoms with Gasteiger partial charge in [-0.1, -0.05) is 18.2 Å². The second-order valence-electron chi connectivity index (χ2n) is 6.19. The fraction of sp³-hybridized carbons (Fsp3) is 0.368. The molecule has 0 aliphatic carbocycles. The Morgan fingerprint density at radius 2 is 1.81 bits per heavy atom. The van der Waals surface area contributed by atoms with E-state index in [9.17, 15) is 4.79 Å². The van der Waals surface area contributed by atoms with Gasteiger partial charge < -0.3 is 10.1 Å².